The van der Waals surface area contributed by atoms with Crippen LogP contribution in [0.2, 0.25) is 0 Å². The molecule has 0 saturated carbocycles. The summed E-state index contributed by atoms with van der Waals surface area (Å²) in [5.74, 6) is 6.42. The largest absolute Gasteiger partial charge is 0.463 e. The first-order valence-corrected chi connectivity index (χ1v) is 13.0. The van der Waals surface area contributed by atoms with Gasteiger partial charge in [0.15, 0.2) is 5.78 Å². The molecule has 4 heteroatoms. The maximum Gasteiger partial charge on any atom is 0.306 e. The lowest BCUT2D eigenvalue weighted by molar-refractivity contribution is -0.147. The first-order chi connectivity index (χ1) is 15.5. The highest BCUT2D eigenvalue weighted by molar-refractivity contribution is 5.97. The number of esters is 1. The third-order valence-electron chi connectivity index (χ3n) is 5.78. The first-order valence-electron chi connectivity index (χ1n) is 13.0. The van der Waals surface area contributed by atoms with Gasteiger partial charge in [-0.15, -0.1) is 0 Å². The molecule has 32 heavy (non-hydrogen) atoms. The van der Waals surface area contributed by atoms with Gasteiger partial charge in [0.1, 0.15) is 6.10 Å². The van der Waals surface area contributed by atoms with Crippen LogP contribution < -0.4 is 0 Å². The van der Waals surface area contributed by atoms with Gasteiger partial charge in [0.25, 0.3) is 0 Å². The van der Waals surface area contributed by atoms with Crippen LogP contribution in [0.5, 0.6) is 0 Å². The number of carbonyl (C=O) groups is 2. The molecular weight excluding hydrogens is 400 g/mol. The number of ketones is 1. The molecule has 0 fully saturated rings. The van der Waals surface area contributed by atoms with Crippen LogP contribution in [0, 0.1) is 17.8 Å². The van der Waals surface area contributed by atoms with Gasteiger partial charge < -0.3 is 9.47 Å². The van der Waals surface area contributed by atoms with E-state index in [1.807, 2.05) is 13.8 Å². The summed E-state index contributed by atoms with van der Waals surface area (Å²) >= 11 is 0. The van der Waals surface area contributed by atoms with Crippen LogP contribution in [0.25, 0.3) is 0 Å². The average Bonchev–Trinajstić information content (AvgIpc) is 3.04. The molecule has 0 aromatic rings. The predicted octanol–water partition coefficient (Wildman–Crippen LogP) is 6.95. The molecule has 0 N–H and O–H groups in total. The van der Waals surface area contributed by atoms with Crippen LogP contribution in [0.4, 0.5) is 0 Å². The zero-order valence-electron chi connectivity index (χ0n) is 21.0. The minimum Gasteiger partial charge on any atom is -0.463 e. The minimum absolute atomic E-state index is 0.0745. The normalized spacial score (nSPS) is 17.9. The third-order valence-corrected chi connectivity index (χ3v) is 5.78. The number of rotatable bonds is 17. The van der Waals surface area contributed by atoms with E-state index in [-0.39, 0.29) is 29.9 Å². The van der Waals surface area contributed by atoms with Crippen molar-refractivity contribution in [3.63, 3.8) is 0 Å². The Labute approximate surface area is 196 Å². The molecule has 0 aromatic heterocycles. The number of ether oxygens (including phenoxy) is 2. The highest BCUT2D eigenvalue weighted by Gasteiger charge is 2.35. The number of hydrogen-bond acceptors (Lipinski definition) is 4. The summed E-state index contributed by atoms with van der Waals surface area (Å²) in [5.41, 5.74) is 0.850. The Hall–Kier alpha value is -1.60. The summed E-state index contributed by atoms with van der Waals surface area (Å²) in [6.45, 7) is 8.68. The average molecular weight is 447 g/mol. The van der Waals surface area contributed by atoms with Gasteiger partial charge in [-0.05, 0) is 45.6 Å². The summed E-state index contributed by atoms with van der Waals surface area (Å²) in [4.78, 5) is 24.4. The Morgan fingerprint density at radius 1 is 0.969 bits per heavy atom. The molecule has 0 aliphatic heterocycles. The van der Waals surface area contributed by atoms with Crippen LogP contribution in [0.1, 0.15) is 118 Å². The van der Waals surface area contributed by atoms with Crippen LogP contribution in [0.3, 0.4) is 0 Å². The van der Waals surface area contributed by atoms with Crippen molar-refractivity contribution in [1.82, 2.24) is 0 Å². The maximum atomic E-state index is 12.7. The van der Waals surface area contributed by atoms with Gasteiger partial charge in [0.2, 0.25) is 0 Å². The SMILES string of the molecule is CCCCCCC#CC1=CC(=O)[C@H](CCCCCCC)[C@H]1OCCCCC(=O)OC(C)C. The lowest BCUT2D eigenvalue weighted by Crippen LogP contribution is -2.26. The number of carbonyl (C=O) groups excluding carboxylic acids is 2. The Morgan fingerprint density at radius 3 is 2.34 bits per heavy atom. The summed E-state index contributed by atoms with van der Waals surface area (Å²) in [5, 5.41) is 0. The van der Waals surface area contributed by atoms with E-state index in [0.29, 0.717) is 13.0 Å². The van der Waals surface area contributed by atoms with E-state index in [2.05, 4.69) is 25.7 Å². The summed E-state index contributed by atoms with van der Waals surface area (Å²) in [7, 11) is 0. The predicted molar refractivity (Wildman–Crippen MR) is 131 cm³/mol. The van der Waals surface area contributed by atoms with Crippen LogP contribution in [0.15, 0.2) is 11.6 Å². The zero-order chi connectivity index (χ0) is 23.6. The molecule has 0 aromatic carbocycles. The molecule has 1 aliphatic carbocycles. The van der Waals surface area contributed by atoms with Gasteiger partial charge in [-0.1, -0.05) is 77.1 Å². The summed E-state index contributed by atoms with van der Waals surface area (Å²) < 4.78 is 11.4. The maximum absolute atomic E-state index is 12.7. The summed E-state index contributed by atoms with van der Waals surface area (Å²) in [6.07, 6.45) is 15.8. The first kappa shape index (κ1) is 28.4. The molecule has 0 radical (unpaired) electrons. The second-order valence-electron chi connectivity index (χ2n) is 9.21. The highest BCUT2D eigenvalue weighted by atomic mass is 16.5. The molecule has 182 valence electrons. The van der Waals surface area contributed by atoms with Gasteiger partial charge in [0, 0.05) is 25.0 Å². The molecule has 0 bridgehead atoms. The quantitative estimate of drug-likeness (QED) is 0.138. The molecule has 0 spiro atoms. The van der Waals surface area contributed by atoms with Gasteiger partial charge in [-0.3, -0.25) is 9.59 Å². The molecule has 0 amide bonds. The van der Waals surface area contributed by atoms with E-state index in [4.69, 9.17) is 9.47 Å². The second-order valence-corrected chi connectivity index (χ2v) is 9.21. The van der Waals surface area contributed by atoms with Gasteiger partial charge in [0.05, 0.1) is 12.0 Å². The molecule has 4 nitrogen and oxygen atoms in total. The minimum atomic E-state index is -0.223. The standard InChI is InChI=1S/C28H46O4/c1-5-7-9-11-13-14-18-24-22-26(29)25(19-15-12-10-8-6-2)28(24)31-21-17-16-20-27(30)32-23(3)4/h22-23,25,28H,5-13,15-17,19-21H2,1-4H3/t25-,28-/m0/s1. The lowest BCUT2D eigenvalue weighted by Gasteiger charge is -2.21. The van der Waals surface area contributed by atoms with Crippen LogP contribution in [-0.4, -0.2) is 30.6 Å². The van der Waals surface area contributed by atoms with Crippen molar-refractivity contribution in [3.05, 3.63) is 11.6 Å². The Bertz CT molecular complexity index is 623. The van der Waals surface area contributed by atoms with Crippen molar-refractivity contribution in [1.29, 1.82) is 0 Å². The van der Waals surface area contributed by atoms with Crippen molar-refractivity contribution in [2.75, 3.05) is 6.61 Å². The van der Waals surface area contributed by atoms with Crippen molar-refractivity contribution in [2.45, 2.75) is 130 Å². The zero-order valence-corrected chi connectivity index (χ0v) is 21.0. The molecular formula is C28H46O4. The van der Waals surface area contributed by atoms with E-state index < -0.39 is 0 Å². The van der Waals surface area contributed by atoms with Gasteiger partial charge in [-0.2, -0.15) is 0 Å². The molecule has 1 rings (SSSR count). The second kappa shape index (κ2) is 17.9. The van der Waals surface area contributed by atoms with E-state index in [1.165, 1.54) is 44.9 Å². The van der Waals surface area contributed by atoms with Gasteiger partial charge >= 0.3 is 5.97 Å². The van der Waals surface area contributed by atoms with Crippen molar-refractivity contribution >= 4 is 11.8 Å². The Morgan fingerprint density at radius 2 is 1.66 bits per heavy atom. The fourth-order valence-electron chi connectivity index (χ4n) is 3.99. The van der Waals surface area contributed by atoms with E-state index in [9.17, 15) is 9.59 Å². The molecule has 2 atom stereocenters. The molecule has 0 heterocycles. The molecule has 0 unspecified atom stereocenters. The third kappa shape index (κ3) is 12.4. The lowest BCUT2D eigenvalue weighted by atomic mass is 9.93. The Kier molecular flexibility index (Phi) is 15.9. The molecule has 0 saturated heterocycles. The highest BCUT2D eigenvalue weighted by Crippen LogP contribution is 2.30. The number of allylic oxidation sites excluding steroid dienone is 1. The van der Waals surface area contributed by atoms with E-state index >= 15 is 0 Å². The molecule has 1 aliphatic rings. The summed E-state index contributed by atoms with van der Waals surface area (Å²) in [6, 6.07) is 0. The topological polar surface area (TPSA) is 52.6 Å². The van der Waals surface area contributed by atoms with Crippen molar-refractivity contribution < 1.29 is 19.1 Å². The Balaban J connectivity index is 2.56. The van der Waals surface area contributed by atoms with Crippen LogP contribution in [-0.2, 0) is 19.1 Å². The van der Waals surface area contributed by atoms with Crippen molar-refractivity contribution in [2.24, 2.45) is 5.92 Å². The van der Waals surface area contributed by atoms with E-state index in [1.54, 1.807) is 6.08 Å². The fourth-order valence-corrected chi connectivity index (χ4v) is 3.99. The van der Waals surface area contributed by atoms with E-state index in [0.717, 1.165) is 44.1 Å². The van der Waals surface area contributed by atoms with Crippen LogP contribution >= 0.6 is 0 Å². The number of hydrogen-bond donors (Lipinski definition) is 0. The van der Waals surface area contributed by atoms with Gasteiger partial charge in [-0.25, -0.2) is 0 Å². The smallest absolute Gasteiger partial charge is 0.306 e. The number of unbranched alkanes of at least 4 members (excludes halogenated alkanes) is 9. The monoisotopic (exact) mass is 446 g/mol. The fraction of sp³-hybridized carbons (Fsp3) is 0.786. The van der Waals surface area contributed by atoms with Crippen molar-refractivity contribution in [3.8, 4) is 11.8 Å².